The van der Waals surface area contributed by atoms with Crippen molar-refractivity contribution in [1.29, 1.82) is 0 Å². The van der Waals surface area contributed by atoms with E-state index in [0.717, 1.165) is 31.6 Å². The lowest BCUT2D eigenvalue weighted by Crippen LogP contribution is -2.39. The normalized spacial score (nSPS) is 17.7. The Labute approximate surface area is 122 Å². The molecule has 0 aromatic heterocycles. The van der Waals surface area contributed by atoms with Gasteiger partial charge >= 0.3 is 0 Å². The largest absolute Gasteiger partial charge is 0.345 e. The number of rotatable bonds is 5. The maximum absolute atomic E-state index is 12.7. The molecular formula is C17H26N2O. The molecule has 1 aliphatic rings. The van der Waals surface area contributed by atoms with Gasteiger partial charge < -0.3 is 10.2 Å². The molecule has 0 bridgehead atoms. The molecule has 1 aromatic rings. The van der Waals surface area contributed by atoms with E-state index in [1.54, 1.807) is 0 Å². The summed E-state index contributed by atoms with van der Waals surface area (Å²) >= 11 is 0. The second-order valence-corrected chi connectivity index (χ2v) is 5.78. The second kappa shape index (κ2) is 7.44. The van der Waals surface area contributed by atoms with Gasteiger partial charge in [-0.15, -0.1) is 0 Å². The van der Waals surface area contributed by atoms with Crippen LogP contribution in [-0.2, 0) is 4.79 Å². The molecule has 0 saturated carbocycles. The Kier molecular flexibility index (Phi) is 5.60. The summed E-state index contributed by atoms with van der Waals surface area (Å²) < 4.78 is 0. The molecule has 1 atom stereocenters. The molecule has 110 valence electrons. The minimum absolute atomic E-state index is 0.00270. The van der Waals surface area contributed by atoms with Crippen LogP contribution in [0.2, 0.25) is 0 Å². The maximum Gasteiger partial charge on any atom is 0.229 e. The summed E-state index contributed by atoms with van der Waals surface area (Å²) in [6, 6.07) is 10.1. The summed E-state index contributed by atoms with van der Waals surface area (Å²) in [5.41, 5.74) is 1.14. The van der Waals surface area contributed by atoms with E-state index in [0.29, 0.717) is 5.92 Å². The van der Waals surface area contributed by atoms with Gasteiger partial charge in [-0.25, -0.2) is 0 Å². The third-order valence-electron chi connectivity index (χ3n) is 4.28. The van der Waals surface area contributed by atoms with Gasteiger partial charge in [-0.2, -0.15) is 0 Å². The van der Waals surface area contributed by atoms with Gasteiger partial charge in [-0.05, 0) is 43.8 Å². The highest BCUT2D eigenvalue weighted by molar-refractivity contribution is 5.83. The molecule has 1 aliphatic heterocycles. The van der Waals surface area contributed by atoms with Gasteiger partial charge in [0.25, 0.3) is 0 Å². The van der Waals surface area contributed by atoms with E-state index in [-0.39, 0.29) is 11.8 Å². The third kappa shape index (κ3) is 3.83. The first-order chi connectivity index (χ1) is 9.72. The number of carbonyl (C=O) groups is 1. The number of nitrogens with one attached hydrogen (secondary N) is 1. The SMILES string of the molecule is CCC(C(=O)N(C)CC1CCNCC1)c1ccccc1. The molecule has 1 aromatic carbocycles. The van der Waals surface area contributed by atoms with Crippen LogP contribution in [0.15, 0.2) is 30.3 Å². The Hall–Kier alpha value is -1.35. The highest BCUT2D eigenvalue weighted by Crippen LogP contribution is 2.23. The second-order valence-electron chi connectivity index (χ2n) is 5.78. The monoisotopic (exact) mass is 274 g/mol. The molecule has 3 nitrogen and oxygen atoms in total. The molecule has 1 N–H and O–H groups in total. The number of nitrogens with zero attached hydrogens (tertiary/aromatic N) is 1. The van der Waals surface area contributed by atoms with Crippen molar-refractivity contribution in [3.8, 4) is 0 Å². The number of piperidine rings is 1. The van der Waals surface area contributed by atoms with Gasteiger partial charge in [0.05, 0.1) is 5.92 Å². The van der Waals surface area contributed by atoms with Crippen molar-refractivity contribution in [1.82, 2.24) is 10.2 Å². The van der Waals surface area contributed by atoms with Crippen LogP contribution in [0.3, 0.4) is 0 Å². The van der Waals surface area contributed by atoms with E-state index < -0.39 is 0 Å². The topological polar surface area (TPSA) is 32.3 Å². The van der Waals surface area contributed by atoms with E-state index in [9.17, 15) is 4.79 Å². The number of carbonyl (C=O) groups excluding carboxylic acids is 1. The van der Waals surface area contributed by atoms with Crippen LogP contribution < -0.4 is 5.32 Å². The molecule has 0 radical (unpaired) electrons. The summed E-state index contributed by atoms with van der Waals surface area (Å²) in [4.78, 5) is 14.6. The van der Waals surface area contributed by atoms with E-state index in [4.69, 9.17) is 0 Å². The van der Waals surface area contributed by atoms with E-state index in [1.165, 1.54) is 12.8 Å². The first-order valence-electron chi connectivity index (χ1n) is 7.73. The van der Waals surface area contributed by atoms with Crippen molar-refractivity contribution < 1.29 is 4.79 Å². The fraction of sp³-hybridized carbons (Fsp3) is 0.588. The molecule has 1 saturated heterocycles. The standard InChI is InChI=1S/C17H26N2O/c1-3-16(15-7-5-4-6-8-15)17(20)19(2)13-14-9-11-18-12-10-14/h4-8,14,16,18H,3,9-13H2,1-2H3. The van der Waals surface area contributed by atoms with Gasteiger partial charge in [-0.1, -0.05) is 37.3 Å². The summed E-state index contributed by atoms with van der Waals surface area (Å²) in [6.07, 6.45) is 3.22. The average molecular weight is 274 g/mol. The van der Waals surface area contributed by atoms with Gasteiger partial charge in [0.2, 0.25) is 5.91 Å². The predicted octanol–water partition coefficient (Wildman–Crippen LogP) is 2.64. The molecule has 1 heterocycles. The van der Waals surface area contributed by atoms with Gasteiger partial charge in [0.1, 0.15) is 0 Å². The van der Waals surface area contributed by atoms with E-state index >= 15 is 0 Å². The van der Waals surface area contributed by atoms with Gasteiger partial charge in [0.15, 0.2) is 0 Å². The summed E-state index contributed by atoms with van der Waals surface area (Å²) in [5, 5.41) is 3.37. The van der Waals surface area contributed by atoms with Crippen molar-refractivity contribution in [2.45, 2.75) is 32.1 Å². The number of benzene rings is 1. The lowest BCUT2D eigenvalue weighted by molar-refractivity contribution is -0.132. The predicted molar refractivity (Wildman–Crippen MR) is 82.7 cm³/mol. The Morgan fingerprint density at radius 2 is 1.95 bits per heavy atom. The molecule has 0 spiro atoms. The Morgan fingerprint density at radius 3 is 2.55 bits per heavy atom. The molecule has 1 unspecified atom stereocenters. The van der Waals surface area contributed by atoms with E-state index in [1.807, 2.05) is 30.1 Å². The molecule has 2 rings (SSSR count). The molecule has 0 aliphatic carbocycles. The van der Waals surface area contributed by atoms with Crippen molar-refractivity contribution in [2.75, 3.05) is 26.7 Å². The first-order valence-corrected chi connectivity index (χ1v) is 7.73. The molecule has 20 heavy (non-hydrogen) atoms. The van der Waals surface area contributed by atoms with Crippen LogP contribution in [0.1, 0.15) is 37.7 Å². The van der Waals surface area contributed by atoms with Crippen molar-refractivity contribution in [3.05, 3.63) is 35.9 Å². The first kappa shape index (κ1) is 15.0. The Balaban J connectivity index is 1.97. The van der Waals surface area contributed by atoms with Crippen LogP contribution in [0, 0.1) is 5.92 Å². The third-order valence-corrected chi connectivity index (χ3v) is 4.28. The maximum atomic E-state index is 12.7. The van der Waals surface area contributed by atoms with Crippen LogP contribution in [0.4, 0.5) is 0 Å². The quantitative estimate of drug-likeness (QED) is 0.895. The zero-order valence-electron chi connectivity index (χ0n) is 12.6. The fourth-order valence-electron chi connectivity index (χ4n) is 3.05. The van der Waals surface area contributed by atoms with E-state index in [2.05, 4.69) is 24.4 Å². The minimum atomic E-state index is 0.00270. The van der Waals surface area contributed by atoms with Gasteiger partial charge in [-0.3, -0.25) is 4.79 Å². The number of amides is 1. The molecular weight excluding hydrogens is 248 g/mol. The van der Waals surface area contributed by atoms with Crippen molar-refractivity contribution in [3.63, 3.8) is 0 Å². The lowest BCUT2D eigenvalue weighted by atomic mass is 9.93. The number of likely N-dealkylation sites (N-methyl/N-ethyl adjacent to an activating group) is 1. The zero-order chi connectivity index (χ0) is 14.4. The summed E-state index contributed by atoms with van der Waals surface area (Å²) in [7, 11) is 1.95. The average Bonchev–Trinajstić information content (AvgIpc) is 2.50. The Bertz CT molecular complexity index is 412. The highest BCUT2D eigenvalue weighted by atomic mass is 16.2. The number of hydrogen-bond acceptors (Lipinski definition) is 2. The van der Waals surface area contributed by atoms with Crippen LogP contribution in [0.5, 0.6) is 0 Å². The zero-order valence-corrected chi connectivity index (χ0v) is 12.6. The summed E-state index contributed by atoms with van der Waals surface area (Å²) in [6.45, 7) is 5.16. The van der Waals surface area contributed by atoms with Crippen molar-refractivity contribution >= 4 is 5.91 Å². The van der Waals surface area contributed by atoms with Crippen LogP contribution in [0.25, 0.3) is 0 Å². The fourth-order valence-corrected chi connectivity index (χ4v) is 3.05. The Morgan fingerprint density at radius 1 is 1.30 bits per heavy atom. The van der Waals surface area contributed by atoms with Gasteiger partial charge in [0, 0.05) is 13.6 Å². The van der Waals surface area contributed by atoms with Crippen molar-refractivity contribution in [2.24, 2.45) is 5.92 Å². The van der Waals surface area contributed by atoms with Crippen LogP contribution in [-0.4, -0.2) is 37.5 Å². The molecule has 1 amide bonds. The minimum Gasteiger partial charge on any atom is -0.345 e. The van der Waals surface area contributed by atoms with Crippen LogP contribution >= 0.6 is 0 Å². The number of hydrogen-bond donors (Lipinski definition) is 1. The summed E-state index contributed by atoms with van der Waals surface area (Å²) in [5.74, 6) is 0.915. The lowest BCUT2D eigenvalue weighted by Gasteiger charge is -2.29. The molecule has 1 fully saturated rings. The highest BCUT2D eigenvalue weighted by Gasteiger charge is 2.24. The molecule has 3 heteroatoms. The smallest absolute Gasteiger partial charge is 0.229 e.